The minimum atomic E-state index is -0.409. The van der Waals surface area contributed by atoms with Gasteiger partial charge < -0.3 is 5.32 Å². The molecule has 104 valence electrons. The highest BCUT2D eigenvalue weighted by atomic mass is 19.1. The Morgan fingerprint density at radius 2 is 1.85 bits per heavy atom. The topological polar surface area (TPSA) is 12.0 Å². The molecule has 0 aromatic heterocycles. The summed E-state index contributed by atoms with van der Waals surface area (Å²) in [5, 5.41) is 3.01. The van der Waals surface area contributed by atoms with E-state index >= 15 is 0 Å². The number of benzene rings is 2. The molecule has 0 radical (unpaired) electrons. The van der Waals surface area contributed by atoms with Crippen molar-refractivity contribution < 1.29 is 8.78 Å². The molecule has 0 amide bonds. The first-order valence-corrected chi connectivity index (χ1v) is 6.92. The SMILES string of the molecule is Cc1cc(F)c(NCc2ccccc2C2CC2)cc1F. The van der Waals surface area contributed by atoms with Gasteiger partial charge in [-0.15, -0.1) is 0 Å². The molecule has 0 spiro atoms. The van der Waals surface area contributed by atoms with Crippen LogP contribution in [0.5, 0.6) is 0 Å². The number of rotatable bonds is 4. The van der Waals surface area contributed by atoms with Gasteiger partial charge in [0.2, 0.25) is 0 Å². The van der Waals surface area contributed by atoms with E-state index in [1.54, 1.807) is 6.92 Å². The highest BCUT2D eigenvalue weighted by Gasteiger charge is 2.25. The van der Waals surface area contributed by atoms with Crippen LogP contribution in [0, 0.1) is 18.6 Å². The zero-order valence-electron chi connectivity index (χ0n) is 11.4. The molecular formula is C17H17F2N. The molecule has 0 unspecified atom stereocenters. The first-order chi connectivity index (χ1) is 9.65. The predicted molar refractivity (Wildman–Crippen MR) is 76.8 cm³/mol. The Labute approximate surface area is 117 Å². The van der Waals surface area contributed by atoms with Crippen molar-refractivity contribution in [3.05, 3.63) is 64.7 Å². The van der Waals surface area contributed by atoms with Crippen molar-refractivity contribution in [2.45, 2.75) is 32.2 Å². The van der Waals surface area contributed by atoms with E-state index < -0.39 is 5.82 Å². The maximum absolute atomic E-state index is 13.8. The summed E-state index contributed by atoms with van der Waals surface area (Å²) in [6.45, 7) is 2.08. The zero-order valence-corrected chi connectivity index (χ0v) is 11.4. The summed E-state index contributed by atoms with van der Waals surface area (Å²) >= 11 is 0. The van der Waals surface area contributed by atoms with Crippen LogP contribution in [0.4, 0.5) is 14.5 Å². The van der Waals surface area contributed by atoms with E-state index in [2.05, 4.69) is 11.4 Å². The second-order valence-corrected chi connectivity index (χ2v) is 5.41. The summed E-state index contributed by atoms with van der Waals surface area (Å²) in [6.07, 6.45) is 2.45. The molecule has 2 aromatic carbocycles. The van der Waals surface area contributed by atoms with Gasteiger partial charge in [-0.1, -0.05) is 24.3 Å². The quantitative estimate of drug-likeness (QED) is 0.846. The van der Waals surface area contributed by atoms with Crippen molar-refractivity contribution in [1.29, 1.82) is 0 Å². The minimum absolute atomic E-state index is 0.221. The maximum atomic E-state index is 13.8. The molecule has 0 aliphatic heterocycles. The molecule has 0 heterocycles. The van der Waals surface area contributed by atoms with Crippen molar-refractivity contribution in [2.24, 2.45) is 0 Å². The van der Waals surface area contributed by atoms with Crippen LogP contribution < -0.4 is 5.32 Å². The first-order valence-electron chi connectivity index (χ1n) is 6.92. The molecule has 1 saturated carbocycles. The van der Waals surface area contributed by atoms with E-state index in [4.69, 9.17) is 0 Å². The normalized spacial score (nSPS) is 14.3. The summed E-state index contributed by atoms with van der Waals surface area (Å²) in [5.74, 6) is -0.148. The lowest BCUT2D eigenvalue weighted by atomic mass is 10.0. The highest BCUT2D eigenvalue weighted by molar-refractivity contribution is 5.48. The molecule has 1 fully saturated rings. The average Bonchev–Trinajstić information content (AvgIpc) is 3.26. The van der Waals surface area contributed by atoms with Crippen molar-refractivity contribution in [1.82, 2.24) is 0 Å². The molecule has 2 aromatic rings. The van der Waals surface area contributed by atoms with Crippen molar-refractivity contribution in [2.75, 3.05) is 5.32 Å². The van der Waals surface area contributed by atoms with Gasteiger partial charge in [-0.3, -0.25) is 0 Å². The van der Waals surface area contributed by atoms with Crippen LogP contribution in [0.25, 0.3) is 0 Å². The number of hydrogen-bond acceptors (Lipinski definition) is 1. The highest BCUT2D eigenvalue weighted by Crippen LogP contribution is 2.41. The molecule has 3 rings (SSSR count). The van der Waals surface area contributed by atoms with Crippen LogP contribution in [0.1, 0.15) is 35.4 Å². The first kappa shape index (κ1) is 13.1. The Hall–Kier alpha value is -1.90. The third kappa shape index (κ3) is 2.67. The van der Waals surface area contributed by atoms with E-state index in [1.165, 1.54) is 30.5 Å². The summed E-state index contributed by atoms with van der Waals surface area (Å²) in [4.78, 5) is 0. The monoisotopic (exact) mass is 273 g/mol. The van der Waals surface area contributed by atoms with Gasteiger partial charge in [0.05, 0.1) is 5.69 Å². The zero-order chi connectivity index (χ0) is 14.1. The lowest BCUT2D eigenvalue weighted by Crippen LogP contribution is -2.05. The van der Waals surface area contributed by atoms with E-state index in [9.17, 15) is 8.78 Å². The second-order valence-electron chi connectivity index (χ2n) is 5.41. The van der Waals surface area contributed by atoms with Gasteiger partial charge in [-0.05, 0) is 48.4 Å². The van der Waals surface area contributed by atoms with E-state index in [1.807, 2.05) is 18.2 Å². The van der Waals surface area contributed by atoms with Gasteiger partial charge in [-0.2, -0.15) is 0 Å². The molecule has 0 saturated heterocycles. The fraction of sp³-hybridized carbons (Fsp3) is 0.294. The van der Waals surface area contributed by atoms with Crippen LogP contribution in [-0.2, 0) is 6.54 Å². The Bertz CT molecular complexity index is 633. The number of aryl methyl sites for hydroxylation is 1. The number of halogens is 2. The Morgan fingerprint density at radius 3 is 2.60 bits per heavy atom. The summed E-state index contributed by atoms with van der Waals surface area (Å²) in [6, 6.07) is 10.6. The van der Waals surface area contributed by atoms with Gasteiger partial charge in [-0.25, -0.2) is 8.78 Å². The van der Waals surface area contributed by atoms with Gasteiger partial charge >= 0.3 is 0 Å². The molecule has 0 atom stereocenters. The Balaban J connectivity index is 1.78. The maximum Gasteiger partial charge on any atom is 0.146 e. The Morgan fingerprint density at radius 1 is 1.10 bits per heavy atom. The molecule has 3 heteroatoms. The predicted octanol–water partition coefficient (Wildman–Crippen LogP) is 4.76. The third-order valence-corrected chi connectivity index (χ3v) is 3.79. The molecule has 1 aliphatic carbocycles. The molecule has 1 N–H and O–H groups in total. The number of anilines is 1. The summed E-state index contributed by atoms with van der Waals surface area (Å²) in [5.41, 5.74) is 3.04. The van der Waals surface area contributed by atoms with Crippen LogP contribution >= 0.6 is 0 Å². The van der Waals surface area contributed by atoms with Gasteiger partial charge in [0, 0.05) is 12.6 Å². The van der Waals surface area contributed by atoms with Crippen LogP contribution in [0.3, 0.4) is 0 Å². The average molecular weight is 273 g/mol. The summed E-state index contributed by atoms with van der Waals surface area (Å²) in [7, 11) is 0. The van der Waals surface area contributed by atoms with E-state index in [0.717, 1.165) is 5.56 Å². The smallest absolute Gasteiger partial charge is 0.146 e. The second kappa shape index (κ2) is 5.23. The van der Waals surface area contributed by atoms with Crippen molar-refractivity contribution in [3.8, 4) is 0 Å². The van der Waals surface area contributed by atoms with Crippen molar-refractivity contribution >= 4 is 5.69 Å². The Kier molecular flexibility index (Phi) is 3.43. The molecule has 1 nitrogen and oxygen atoms in total. The molecule has 0 bridgehead atoms. The van der Waals surface area contributed by atoms with E-state index in [0.29, 0.717) is 18.0 Å². The third-order valence-electron chi connectivity index (χ3n) is 3.79. The fourth-order valence-electron chi connectivity index (χ4n) is 2.46. The van der Waals surface area contributed by atoms with E-state index in [-0.39, 0.29) is 11.5 Å². The van der Waals surface area contributed by atoms with Crippen LogP contribution in [0.2, 0.25) is 0 Å². The lowest BCUT2D eigenvalue weighted by Gasteiger charge is -2.12. The standard InChI is InChI=1S/C17H17F2N/c1-11-8-16(19)17(9-15(11)18)20-10-13-4-2-3-5-14(13)12-6-7-12/h2-5,8-9,12,20H,6-7,10H2,1H3. The van der Waals surface area contributed by atoms with Crippen molar-refractivity contribution in [3.63, 3.8) is 0 Å². The molecular weight excluding hydrogens is 256 g/mol. The fourth-order valence-corrected chi connectivity index (χ4v) is 2.46. The molecule has 20 heavy (non-hydrogen) atoms. The summed E-state index contributed by atoms with van der Waals surface area (Å²) < 4.78 is 27.3. The largest absolute Gasteiger partial charge is 0.379 e. The minimum Gasteiger partial charge on any atom is -0.379 e. The van der Waals surface area contributed by atoms with Crippen LogP contribution in [0.15, 0.2) is 36.4 Å². The van der Waals surface area contributed by atoms with Gasteiger partial charge in [0.15, 0.2) is 0 Å². The van der Waals surface area contributed by atoms with Crippen LogP contribution in [-0.4, -0.2) is 0 Å². The van der Waals surface area contributed by atoms with Gasteiger partial charge in [0.25, 0.3) is 0 Å². The lowest BCUT2D eigenvalue weighted by molar-refractivity contribution is 0.594. The molecule has 1 aliphatic rings. The number of nitrogens with one attached hydrogen (secondary N) is 1. The number of hydrogen-bond donors (Lipinski definition) is 1. The van der Waals surface area contributed by atoms with Gasteiger partial charge in [0.1, 0.15) is 11.6 Å².